The summed E-state index contributed by atoms with van der Waals surface area (Å²) < 4.78 is 21.0. The van der Waals surface area contributed by atoms with Crippen molar-refractivity contribution in [2.24, 2.45) is 7.05 Å². The van der Waals surface area contributed by atoms with Crippen LogP contribution in [0.2, 0.25) is 0 Å². The molecule has 3 aromatic rings. The highest BCUT2D eigenvalue weighted by molar-refractivity contribution is 5.74. The summed E-state index contributed by atoms with van der Waals surface area (Å²) in [5.74, 6) is 0.106. The third-order valence-electron chi connectivity index (χ3n) is 3.32. The molecule has 0 spiro atoms. The molecule has 0 amide bonds. The molecule has 9 nitrogen and oxygen atoms in total. The predicted octanol–water partition coefficient (Wildman–Crippen LogP) is 1.63. The van der Waals surface area contributed by atoms with Crippen molar-refractivity contribution in [2.75, 3.05) is 5.32 Å². The molecule has 1 aromatic carbocycles. The van der Waals surface area contributed by atoms with E-state index in [0.29, 0.717) is 11.4 Å². The molecule has 0 atom stereocenters. The Morgan fingerprint density at radius 2 is 2.36 bits per heavy atom. The van der Waals surface area contributed by atoms with Gasteiger partial charge < -0.3 is 10.1 Å². The number of aromatic nitrogens is 6. The standard InChI is InChI=1S/C15H13FN8O/c1-24-12(4-5-19-24)9-25-14-3-2-11(16)6-13(14)18-8-10(7-17)15-20-22-23-21-15/h2-6,8,18H,9H2,1H3,(H,20,21,22,23). The zero-order chi connectivity index (χ0) is 17.6. The minimum Gasteiger partial charge on any atom is -0.485 e. The summed E-state index contributed by atoms with van der Waals surface area (Å²) >= 11 is 0. The first-order valence-corrected chi connectivity index (χ1v) is 7.17. The molecule has 0 aliphatic carbocycles. The maximum Gasteiger partial charge on any atom is 0.216 e. The summed E-state index contributed by atoms with van der Waals surface area (Å²) in [7, 11) is 1.80. The first-order valence-electron chi connectivity index (χ1n) is 7.17. The number of H-pyrrole nitrogens is 1. The average Bonchev–Trinajstić information content (AvgIpc) is 3.27. The minimum absolute atomic E-state index is 0.128. The van der Waals surface area contributed by atoms with Crippen molar-refractivity contribution in [3.05, 3.63) is 54.0 Å². The van der Waals surface area contributed by atoms with E-state index in [1.807, 2.05) is 12.1 Å². The van der Waals surface area contributed by atoms with Gasteiger partial charge in [-0.2, -0.15) is 15.6 Å². The van der Waals surface area contributed by atoms with Crippen LogP contribution < -0.4 is 10.1 Å². The van der Waals surface area contributed by atoms with Gasteiger partial charge in [0.05, 0.1) is 11.4 Å². The zero-order valence-corrected chi connectivity index (χ0v) is 13.1. The largest absolute Gasteiger partial charge is 0.485 e. The van der Waals surface area contributed by atoms with Crippen LogP contribution in [0.5, 0.6) is 5.75 Å². The van der Waals surface area contributed by atoms with E-state index < -0.39 is 5.82 Å². The lowest BCUT2D eigenvalue weighted by atomic mass is 10.2. The highest BCUT2D eigenvalue weighted by Gasteiger charge is 2.09. The van der Waals surface area contributed by atoms with E-state index in [1.54, 1.807) is 17.9 Å². The fraction of sp³-hybridized carbons (Fsp3) is 0.133. The molecule has 0 bridgehead atoms. The summed E-state index contributed by atoms with van der Waals surface area (Å²) in [5.41, 5.74) is 1.35. The van der Waals surface area contributed by atoms with Gasteiger partial charge in [-0.05, 0) is 23.4 Å². The lowest BCUT2D eigenvalue weighted by Crippen LogP contribution is -2.04. The average molecular weight is 340 g/mol. The molecule has 2 heterocycles. The van der Waals surface area contributed by atoms with Crippen LogP contribution in [0.1, 0.15) is 11.5 Å². The van der Waals surface area contributed by atoms with Crippen LogP contribution in [-0.2, 0) is 13.7 Å². The number of halogens is 1. The van der Waals surface area contributed by atoms with Crippen molar-refractivity contribution in [1.82, 2.24) is 30.4 Å². The number of nitrogens with zero attached hydrogens (tertiary/aromatic N) is 6. The van der Waals surface area contributed by atoms with Gasteiger partial charge in [-0.1, -0.05) is 0 Å². The van der Waals surface area contributed by atoms with Gasteiger partial charge in [-0.15, -0.1) is 10.2 Å². The summed E-state index contributed by atoms with van der Waals surface area (Å²) in [4.78, 5) is 0. The van der Waals surface area contributed by atoms with E-state index in [2.05, 4.69) is 31.0 Å². The van der Waals surface area contributed by atoms with Crippen molar-refractivity contribution in [3.8, 4) is 11.8 Å². The molecule has 0 unspecified atom stereocenters. The third-order valence-corrected chi connectivity index (χ3v) is 3.32. The lowest BCUT2D eigenvalue weighted by Gasteiger charge is -2.12. The molecule has 126 valence electrons. The van der Waals surface area contributed by atoms with Gasteiger partial charge in [0.1, 0.15) is 29.8 Å². The smallest absolute Gasteiger partial charge is 0.216 e. The van der Waals surface area contributed by atoms with Gasteiger partial charge in [0.2, 0.25) is 5.82 Å². The number of hydrogen-bond donors (Lipinski definition) is 2. The van der Waals surface area contributed by atoms with Crippen molar-refractivity contribution in [2.45, 2.75) is 6.61 Å². The molecule has 0 saturated heterocycles. The number of aryl methyl sites for hydroxylation is 1. The Kier molecular flexibility index (Phi) is 4.66. The summed E-state index contributed by atoms with van der Waals surface area (Å²) in [6.45, 7) is 0.260. The Balaban J connectivity index is 1.79. The van der Waals surface area contributed by atoms with Gasteiger partial charge in [-0.25, -0.2) is 4.39 Å². The highest BCUT2D eigenvalue weighted by atomic mass is 19.1. The molecule has 10 heteroatoms. The van der Waals surface area contributed by atoms with Crippen molar-refractivity contribution in [3.63, 3.8) is 0 Å². The predicted molar refractivity (Wildman–Crippen MR) is 85.3 cm³/mol. The number of benzene rings is 1. The second-order valence-corrected chi connectivity index (χ2v) is 4.92. The topological polar surface area (TPSA) is 117 Å². The number of hydrogen-bond acceptors (Lipinski definition) is 7. The van der Waals surface area contributed by atoms with Crippen LogP contribution in [0.3, 0.4) is 0 Å². The summed E-state index contributed by atoms with van der Waals surface area (Å²) in [6, 6.07) is 7.81. The van der Waals surface area contributed by atoms with E-state index in [-0.39, 0.29) is 18.0 Å². The number of ether oxygens (including phenoxy) is 1. The number of tetrazole rings is 1. The van der Waals surface area contributed by atoms with Gasteiger partial charge >= 0.3 is 0 Å². The van der Waals surface area contributed by atoms with Crippen LogP contribution in [0.25, 0.3) is 5.57 Å². The number of nitriles is 1. The van der Waals surface area contributed by atoms with Gasteiger partial charge in [0, 0.05) is 25.5 Å². The highest BCUT2D eigenvalue weighted by Crippen LogP contribution is 2.27. The molecule has 0 aliphatic heterocycles. The molecule has 25 heavy (non-hydrogen) atoms. The minimum atomic E-state index is -0.443. The first kappa shape index (κ1) is 16.1. The molecule has 0 aliphatic rings. The Morgan fingerprint density at radius 1 is 1.48 bits per heavy atom. The second-order valence-electron chi connectivity index (χ2n) is 4.92. The van der Waals surface area contributed by atoms with Crippen LogP contribution >= 0.6 is 0 Å². The Bertz CT molecular complexity index is 925. The first-order chi connectivity index (χ1) is 12.2. The van der Waals surface area contributed by atoms with Crippen LogP contribution in [-0.4, -0.2) is 30.4 Å². The van der Waals surface area contributed by atoms with Crippen LogP contribution in [0.15, 0.2) is 36.7 Å². The van der Waals surface area contributed by atoms with E-state index in [1.165, 1.54) is 24.4 Å². The Hall–Kier alpha value is -3.74. The molecule has 3 rings (SSSR count). The number of aromatic amines is 1. The van der Waals surface area contributed by atoms with E-state index in [9.17, 15) is 4.39 Å². The molecule has 0 radical (unpaired) electrons. The monoisotopic (exact) mass is 340 g/mol. The Morgan fingerprint density at radius 3 is 3.04 bits per heavy atom. The fourth-order valence-corrected chi connectivity index (χ4v) is 2.01. The van der Waals surface area contributed by atoms with Gasteiger partial charge in [-0.3, -0.25) is 4.68 Å². The normalized spacial score (nSPS) is 11.2. The Labute approximate surface area is 141 Å². The number of anilines is 1. The van der Waals surface area contributed by atoms with Crippen molar-refractivity contribution >= 4 is 11.3 Å². The second kappa shape index (κ2) is 7.22. The number of rotatable bonds is 6. The number of nitrogens with one attached hydrogen (secondary N) is 2. The zero-order valence-electron chi connectivity index (χ0n) is 13.1. The van der Waals surface area contributed by atoms with Crippen LogP contribution in [0, 0.1) is 17.1 Å². The lowest BCUT2D eigenvalue weighted by molar-refractivity contribution is 0.296. The van der Waals surface area contributed by atoms with E-state index in [0.717, 1.165) is 5.69 Å². The molecular weight excluding hydrogens is 327 g/mol. The number of allylic oxidation sites excluding steroid dienone is 1. The maximum absolute atomic E-state index is 13.6. The molecular formula is C15H13FN8O. The van der Waals surface area contributed by atoms with E-state index >= 15 is 0 Å². The molecule has 2 aromatic heterocycles. The summed E-state index contributed by atoms with van der Waals surface area (Å²) in [6.07, 6.45) is 3.02. The SMILES string of the molecule is Cn1nccc1COc1ccc(F)cc1NC=C(C#N)c1nn[nH]n1. The van der Waals surface area contributed by atoms with Gasteiger partial charge in [0.15, 0.2) is 0 Å². The van der Waals surface area contributed by atoms with Crippen LogP contribution in [0.4, 0.5) is 10.1 Å². The van der Waals surface area contributed by atoms with Crippen molar-refractivity contribution < 1.29 is 9.13 Å². The molecule has 2 N–H and O–H groups in total. The quantitative estimate of drug-likeness (QED) is 0.655. The maximum atomic E-state index is 13.6. The third kappa shape index (κ3) is 3.78. The van der Waals surface area contributed by atoms with Crippen molar-refractivity contribution in [1.29, 1.82) is 5.26 Å². The molecule has 0 fully saturated rings. The molecule has 0 saturated carbocycles. The van der Waals surface area contributed by atoms with E-state index in [4.69, 9.17) is 10.00 Å². The summed E-state index contributed by atoms with van der Waals surface area (Å²) in [5, 5.41) is 29.2. The fourth-order valence-electron chi connectivity index (χ4n) is 2.01. The van der Waals surface area contributed by atoms with Gasteiger partial charge in [0.25, 0.3) is 0 Å².